The topological polar surface area (TPSA) is 23.5 Å². The summed E-state index contributed by atoms with van der Waals surface area (Å²) in [4.78, 5) is 2.50. The Labute approximate surface area is 127 Å². The zero-order valence-corrected chi connectivity index (χ0v) is 13.1. The molecule has 20 heavy (non-hydrogen) atoms. The Morgan fingerprint density at radius 1 is 1.30 bits per heavy atom. The molecule has 0 saturated carbocycles. The van der Waals surface area contributed by atoms with Crippen molar-refractivity contribution in [1.29, 1.82) is 0 Å². The minimum atomic E-state index is 0.250. The van der Waals surface area contributed by atoms with Gasteiger partial charge in [-0.05, 0) is 43.5 Å². The smallest absolute Gasteiger partial charge is 0.0477 e. The van der Waals surface area contributed by atoms with Crippen LogP contribution in [0, 0.1) is 5.92 Å². The SMILES string of the molecule is CCCCCN1CCC(c2ccccc2Cl)C(CO)C1. The van der Waals surface area contributed by atoms with E-state index in [9.17, 15) is 5.11 Å². The van der Waals surface area contributed by atoms with Crippen molar-refractivity contribution < 1.29 is 5.11 Å². The van der Waals surface area contributed by atoms with E-state index < -0.39 is 0 Å². The monoisotopic (exact) mass is 295 g/mol. The Kier molecular flexibility index (Phi) is 6.34. The maximum Gasteiger partial charge on any atom is 0.0477 e. The predicted molar refractivity (Wildman–Crippen MR) is 85.4 cm³/mol. The third kappa shape index (κ3) is 3.97. The second kappa shape index (κ2) is 8.02. The van der Waals surface area contributed by atoms with Crippen LogP contribution in [0.4, 0.5) is 0 Å². The van der Waals surface area contributed by atoms with E-state index >= 15 is 0 Å². The first-order chi connectivity index (χ1) is 9.76. The van der Waals surface area contributed by atoms with E-state index in [0.29, 0.717) is 11.8 Å². The first-order valence-corrected chi connectivity index (χ1v) is 8.21. The van der Waals surface area contributed by atoms with E-state index in [-0.39, 0.29) is 6.61 Å². The second-order valence-corrected chi connectivity index (χ2v) is 6.27. The van der Waals surface area contributed by atoms with E-state index in [1.165, 1.54) is 31.4 Å². The average Bonchev–Trinajstić information content (AvgIpc) is 2.48. The van der Waals surface area contributed by atoms with Crippen LogP contribution in [0.3, 0.4) is 0 Å². The molecule has 0 aliphatic carbocycles. The van der Waals surface area contributed by atoms with Gasteiger partial charge in [0.25, 0.3) is 0 Å². The van der Waals surface area contributed by atoms with Crippen molar-refractivity contribution in [1.82, 2.24) is 4.90 Å². The molecule has 0 spiro atoms. The summed E-state index contributed by atoms with van der Waals surface area (Å²) < 4.78 is 0. The molecule has 1 aliphatic heterocycles. The molecule has 0 bridgehead atoms. The molecular weight excluding hydrogens is 270 g/mol. The molecule has 1 N–H and O–H groups in total. The molecule has 112 valence electrons. The summed E-state index contributed by atoms with van der Waals surface area (Å²) in [6, 6.07) is 8.09. The number of halogens is 1. The van der Waals surface area contributed by atoms with Crippen molar-refractivity contribution in [2.45, 2.75) is 38.5 Å². The maximum atomic E-state index is 9.73. The van der Waals surface area contributed by atoms with Crippen LogP contribution < -0.4 is 0 Å². The zero-order chi connectivity index (χ0) is 14.4. The first-order valence-electron chi connectivity index (χ1n) is 7.84. The molecule has 0 aromatic heterocycles. The van der Waals surface area contributed by atoms with Crippen molar-refractivity contribution in [3.05, 3.63) is 34.9 Å². The summed E-state index contributed by atoms with van der Waals surface area (Å²) in [6.45, 7) is 5.77. The molecular formula is C17H26ClNO. The molecule has 0 radical (unpaired) electrons. The number of nitrogens with zero attached hydrogens (tertiary/aromatic N) is 1. The highest BCUT2D eigenvalue weighted by atomic mass is 35.5. The van der Waals surface area contributed by atoms with Crippen LogP contribution in [0.15, 0.2) is 24.3 Å². The lowest BCUT2D eigenvalue weighted by Gasteiger charge is -2.38. The summed E-state index contributed by atoms with van der Waals surface area (Å²) in [6.07, 6.45) is 4.93. The third-order valence-corrected chi connectivity index (χ3v) is 4.78. The van der Waals surface area contributed by atoms with Gasteiger partial charge >= 0.3 is 0 Å². The van der Waals surface area contributed by atoms with E-state index in [2.05, 4.69) is 17.9 Å². The Bertz CT molecular complexity index is 410. The molecule has 1 saturated heterocycles. The van der Waals surface area contributed by atoms with Gasteiger partial charge < -0.3 is 10.0 Å². The lowest BCUT2D eigenvalue weighted by molar-refractivity contribution is 0.101. The molecule has 2 nitrogen and oxygen atoms in total. The Morgan fingerprint density at radius 2 is 2.10 bits per heavy atom. The molecule has 2 unspecified atom stereocenters. The molecule has 1 aromatic carbocycles. The highest BCUT2D eigenvalue weighted by Crippen LogP contribution is 2.36. The number of rotatable bonds is 6. The van der Waals surface area contributed by atoms with Gasteiger partial charge in [0.05, 0.1) is 0 Å². The summed E-state index contributed by atoms with van der Waals surface area (Å²) >= 11 is 6.32. The Hall–Kier alpha value is -0.570. The highest BCUT2D eigenvalue weighted by Gasteiger charge is 2.30. The fraction of sp³-hybridized carbons (Fsp3) is 0.647. The minimum Gasteiger partial charge on any atom is -0.396 e. The average molecular weight is 296 g/mol. The van der Waals surface area contributed by atoms with Gasteiger partial charge in [-0.15, -0.1) is 0 Å². The van der Waals surface area contributed by atoms with Crippen LogP contribution in [0.1, 0.15) is 44.1 Å². The summed E-state index contributed by atoms with van der Waals surface area (Å²) in [7, 11) is 0. The van der Waals surface area contributed by atoms with Gasteiger partial charge in [-0.25, -0.2) is 0 Å². The number of unbranched alkanes of at least 4 members (excludes halogenated alkanes) is 2. The molecule has 0 amide bonds. The minimum absolute atomic E-state index is 0.250. The van der Waals surface area contributed by atoms with Gasteiger partial charge in [-0.3, -0.25) is 0 Å². The fourth-order valence-corrected chi connectivity index (χ4v) is 3.54. The number of hydrogen-bond acceptors (Lipinski definition) is 2. The van der Waals surface area contributed by atoms with Crippen LogP contribution >= 0.6 is 11.6 Å². The normalized spacial score (nSPS) is 23.9. The molecule has 2 rings (SSSR count). The summed E-state index contributed by atoms with van der Waals surface area (Å²) in [5, 5.41) is 10.6. The quantitative estimate of drug-likeness (QED) is 0.804. The van der Waals surface area contributed by atoms with Gasteiger partial charge in [0.15, 0.2) is 0 Å². The lowest BCUT2D eigenvalue weighted by atomic mass is 9.81. The van der Waals surface area contributed by atoms with Gasteiger partial charge in [-0.1, -0.05) is 49.6 Å². The van der Waals surface area contributed by atoms with Crippen LogP contribution in [0.25, 0.3) is 0 Å². The molecule has 1 heterocycles. The zero-order valence-electron chi connectivity index (χ0n) is 12.4. The molecule has 2 atom stereocenters. The van der Waals surface area contributed by atoms with E-state index in [1.807, 2.05) is 18.2 Å². The molecule has 1 aliphatic rings. The van der Waals surface area contributed by atoms with Gasteiger partial charge in [0, 0.05) is 24.1 Å². The largest absolute Gasteiger partial charge is 0.396 e. The molecule has 1 aromatic rings. The van der Waals surface area contributed by atoms with Gasteiger partial charge in [0.2, 0.25) is 0 Å². The standard InChI is InChI=1S/C17H26ClNO/c1-2-3-6-10-19-11-9-15(14(12-19)13-20)16-7-4-5-8-17(16)18/h4-5,7-8,14-15,20H,2-3,6,9-13H2,1H3. The van der Waals surface area contributed by atoms with Crippen LogP contribution in [0.5, 0.6) is 0 Å². The van der Waals surface area contributed by atoms with Gasteiger partial charge in [-0.2, -0.15) is 0 Å². The van der Waals surface area contributed by atoms with Crippen molar-refractivity contribution in [3.63, 3.8) is 0 Å². The van der Waals surface area contributed by atoms with Crippen molar-refractivity contribution in [2.75, 3.05) is 26.2 Å². The van der Waals surface area contributed by atoms with Crippen LogP contribution in [0.2, 0.25) is 5.02 Å². The lowest BCUT2D eigenvalue weighted by Crippen LogP contribution is -2.41. The fourth-order valence-electron chi connectivity index (χ4n) is 3.27. The number of hydrogen-bond donors (Lipinski definition) is 1. The number of benzene rings is 1. The van der Waals surface area contributed by atoms with Crippen molar-refractivity contribution >= 4 is 11.6 Å². The number of likely N-dealkylation sites (tertiary alicyclic amines) is 1. The van der Waals surface area contributed by atoms with Crippen LogP contribution in [-0.2, 0) is 0 Å². The van der Waals surface area contributed by atoms with E-state index in [1.54, 1.807) is 0 Å². The molecule has 1 fully saturated rings. The Balaban J connectivity index is 1.98. The van der Waals surface area contributed by atoms with Gasteiger partial charge in [0.1, 0.15) is 0 Å². The van der Waals surface area contributed by atoms with E-state index in [4.69, 9.17) is 11.6 Å². The maximum absolute atomic E-state index is 9.73. The summed E-state index contributed by atoms with van der Waals surface area (Å²) in [5.74, 6) is 0.710. The second-order valence-electron chi connectivity index (χ2n) is 5.87. The summed E-state index contributed by atoms with van der Waals surface area (Å²) in [5.41, 5.74) is 1.21. The first kappa shape index (κ1) is 15.8. The number of piperidine rings is 1. The Morgan fingerprint density at radius 3 is 2.80 bits per heavy atom. The number of aliphatic hydroxyl groups is 1. The predicted octanol–water partition coefficient (Wildman–Crippen LogP) is 3.93. The van der Waals surface area contributed by atoms with Crippen LogP contribution in [-0.4, -0.2) is 36.2 Å². The van der Waals surface area contributed by atoms with E-state index in [0.717, 1.165) is 24.5 Å². The van der Waals surface area contributed by atoms with Crippen molar-refractivity contribution in [3.8, 4) is 0 Å². The third-order valence-electron chi connectivity index (χ3n) is 4.44. The van der Waals surface area contributed by atoms with Crippen molar-refractivity contribution in [2.24, 2.45) is 5.92 Å². The number of aliphatic hydroxyl groups excluding tert-OH is 1. The molecule has 3 heteroatoms. The highest BCUT2D eigenvalue weighted by molar-refractivity contribution is 6.31.